The van der Waals surface area contributed by atoms with E-state index < -0.39 is 24.5 Å². The molecule has 0 saturated carbocycles. The SMILES string of the molecule is CCCCCCCCCCCC[CH2][Sn]([F])([F])[F]. The Labute approximate surface area is 111 Å². The molecule has 0 unspecified atom stereocenters. The molecule has 0 aliphatic heterocycles. The molecule has 0 aromatic carbocycles. The van der Waals surface area contributed by atoms with Gasteiger partial charge in [0.05, 0.1) is 0 Å². The Morgan fingerprint density at radius 3 is 1.29 bits per heavy atom. The third kappa shape index (κ3) is 16.6. The van der Waals surface area contributed by atoms with Gasteiger partial charge in [-0.05, 0) is 0 Å². The molecule has 0 radical (unpaired) electrons. The van der Waals surface area contributed by atoms with Crippen LogP contribution in [0.25, 0.3) is 0 Å². The Morgan fingerprint density at radius 2 is 0.941 bits per heavy atom. The van der Waals surface area contributed by atoms with Crippen LogP contribution >= 0.6 is 0 Å². The minimum absolute atomic E-state index is 0.397. The molecule has 104 valence electrons. The van der Waals surface area contributed by atoms with E-state index in [1.165, 1.54) is 44.9 Å². The number of hydrogen-bond donors (Lipinski definition) is 0. The van der Waals surface area contributed by atoms with Crippen molar-refractivity contribution in [2.75, 3.05) is 0 Å². The first-order valence-corrected chi connectivity index (χ1v) is 12.4. The van der Waals surface area contributed by atoms with Gasteiger partial charge in [0.1, 0.15) is 0 Å². The van der Waals surface area contributed by atoms with Gasteiger partial charge in [-0.1, -0.05) is 6.92 Å². The standard InChI is InChI=1S/C13H27.3FH.Sn/c1-3-5-7-9-11-13-12-10-8-6-4-2;;;;/h1,3-13H2,2H3;3*1H;/q;;;;+3/p-3. The van der Waals surface area contributed by atoms with Crippen molar-refractivity contribution in [1.82, 2.24) is 0 Å². The first kappa shape index (κ1) is 17.6. The van der Waals surface area contributed by atoms with Crippen molar-refractivity contribution in [3.8, 4) is 0 Å². The van der Waals surface area contributed by atoms with Crippen molar-refractivity contribution in [2.45, 2.75) is 82.0 Å². The molecular formula is C13H27F3Sn. The monoisotopic (exact) mass is 360 g/mol. The molecule has 0 atom stereocenters. The van der Waals surface area contributed by atoms with Crippen molar-refractivity contribution < 1.29 is 8.60 Å². The molecule has 0 amide bonds. The Hall–Kier alpha value is 0.589. The first-order valence-electron chi connectivity index (χ1n) is 7.13. The maximum absolute atomic E-state index is 12.0. The molecule has 0 fully saturated rings. The Kier molecular flexibility index (Phi) is 12.1. The van der Waals surface area contributed by atoms with Crippen LogP contribution in [-0.4, -0.2) is 20.1 Å². The number of unbranched alkanes of at least 4 members (excludes halogenated alkanes) is 10. The summed E-state index contributed by atoms with van der Waals surface area (Å²) < 4.78 is 35.7. The average molecular weight is 359 g/mol. The zero-order chi connectivity index (χ0) is 13.0. The van der Waals surface area contributed by atoms with Crippen LogP contribution < -0.4 is 0 Å². The van der Waals surface area contributed by atoms with Crippen LogP contribution in [0.15, 0.2) is 0 Å². The van der Waals surface area contributed by atoms with Gasteiger partial charge < -0.3 is 0 Å². The summed E-state index contributed by atoms with van der Waals surface area (Å²) in [5, 5.41) is 0. The van der Waals surface area contributed by atoms with Crippen molar-refractivity contribution >= 4 is 20.1 Å². The second-order valence-corrected chi connectivity index (χ2v) is 9.84. The molecule has 4 heteroatoms. The normalized spacial score (nSPS) is 12.0. The second-order valence-electron chi connectivity index (χ2n) is 4.90. The molecule has 0 aromatic heterocycles. The summed E-state index contributed by atoms with van der Waals surface area (Å²) in [6.07, 6.45) is 12.4. The molecule has 0 spiro atoms. The molecule has 0 nitrogen and oxygen atoms in total. The van der Waals surface area contributed by atoms with E-state index >= 15 is 0 Å². The van der Waals surface area contributed by atoms with Crippen molar-refractivity contribution in [3.05, 3.63) is 0 Å². The summed E-state index contributed by atoms with van der Waals surface area (Å²) >= 11 is -5.91. The van der Waals surface area contributed by atoms with Gasteiger partial charge in [-0.25, -0.2) is 0 Å². The molecule has 0 aliphatic carbocycles. The van der Waals surface area contributed by atoms with E-state index in [1.54, 1.807) is 0 Å². The van der Waals surface area contributed by atoms with Gasteiger partial charge in [-0.3, -0.25) is 0 Å². The molecule has 17 heavy (non-hydrogen) atoms. The average Bonchev–Trinajstić information content (AvgIpc) is 2.24. The van der Waals surface area contributed by atoms with Crippen LogP contribution in [0.2, 0.25) is 4.44 Å². The topological polar surface area (TPSA) is 0 Å². The predicted octanol–water partition coefficient (Wildman–Crippen LogP) is 6.14. The van der Waals surface area contributed by atoms with Crippen LogP contribution in [0.3, 0.4) is 0 Å². The fourth-order valence-corrected chi connectivity index (χ4v) is 3.85. The van der Waals surface area contributed by atoms with E-state index in [0.717, 1.165) is 19.3 Å². The van der Waals surface area contributed by atoms with Crippen molar-refractivity contribution in [2.24, 2.45) is 0 Å². The van der Waals surface area contributed by atoms with Crippen molar-refractivity contribution in [1.29, 1.82) is 0 Å². The Balaban J connectivity index is 2.99. The molecule has 0 bridgehead atoms. The van der Waals surface area contributed by atoms with Gasteiger partial charge >= 0.3 is 104 Å². The third-order valence-electron chi connectivity index (χ3n) is 3.06. The second kappa shape index (κ2) is 11.7. The van der Waals surface area contributed by atoms with Gasteiger partial charge in [0.25, 0.3) is 0 Å². The Bertz CT molecular complexity index is 157. The van der Waals surface area contributed by atoms with E-state index in [4.69, 9.17) is 0 Å². The van der Waals surface area contributed by atoms with E-state index in [0.29, 0.717) is 6.42 Å². The number of rotatable bonds is 12. The van der Waals surface area contributed by atoms with E-state index in [1.807, 2.05) is 0 Å². The summed E-state index contributed by atoms with van der Waals surface area (Å²) in [7, 11) is 0. The van der Waals surface area contributed by atoms with Gasteiger partial charge in [0.15, 0.2) is 0 Å². The minimum atomic E-state index is -5.91. The van der Waals surface area contributed by atoms with E-state index in [2.05, 4.69) is 6.92 Å². The van der Waals surface area contributed by atoms with Crippen LogP contribution in [0.5, 0.6) is 0 Å². The summed E-state index contributed by atoms with van der Waals surface area (Å²) in [6, 6.07) is 0. The molecule has 0 N–H and O–H groups in total. The summed E-state index contributed by atoms with van der Waals surface area (Å²) in [5.41, 5.74) is 0. The van der Waals surface area contributed by atoms with Crippen LogP contribution in [0, 0.1) is 0 Å². The fourth-order valence-electron chi connectivity index (χ4n) is 1.99. The Morgan fingerprint density at radius 1 is 0.588 bits per heavy atom. The maximum atomic E-state index is 12.0. The fraction of sp³-hybridized carbons (Fsp3) is 1.00. The van der Waals surface area contributed by atoms with E-state index in [-0.39, 0.29) is 0 Å². The van der Waals surface area contributed by atoms with Crippen LogP contribution in [0.4, 0.5) is 8.60 Å². The predicted molar refractivity (Wildman–Crippen MR) is 70.3 cm³/mol. The first-order chi connectivity index (χ1) is 8.06. The van der Waals surface area contributed by atoms with Crippen LogP contribution in [-0.2, 0) is 0 Å². The van der Waals surface area contributed by atoms with Gasteiger partial charge in [-0.2, -0.15) is 0 Å². The molecule has 0 heterocycles. The molecule has 0 rings (SSSR count). The quantitative estimate of drug-likeness (QED) is 0.290. The van der Waals surface area contributed by atoms with Crippen LogP contribution in [0.1, 0.15) is 77.6 Å². The zero-order valence-electron chi connectivity index (χ0n) is 11.1. The van der Waals surface area contributed by atoms with Gasteiger partial charge in [0.2, 0.25) is 0 Å². The summed E-state index contributed by atoms with van der Waals surface area (Å²) in [4.78, 5) is 0. The molecule has 0 saturated heterocycles. The van der Waals surface area contributed by atoms with Crippen molar-refractivity contribution in [3.63, 3.8) is 0 Å². The summed E-state index contributed by atoms with van der Waals surface area (Å²) in [5.74, 6) is 0. The third-order valence-corrected chi connectivity index (χ3v) is 5.69. The van der Waals surface area contributed by atoms with Gasteiger partial charge in [0, 0.05) is 0 Å². The van der Waals surface area contributed by atoms with E-state index in [9.17, 15) is 8.60 Å². The van der Waals surface area contributed by atoms with Gasteiger partial charge in [-0.15, -0.1) is 0 Å². The molecular weight excluding hydrogens is 332 g/mol. The zero-order valence-corrected chi connectivity index (χ0v) is 14.0. The molecule has 0 aromatic rings. The summed E-state index contributed by atoms with van der Waals surface area (Å²) in [6.45, 7) is 2.21. The number of halogens is 3. The number of hydrogen-bond acceptors (Lipinski definition) is 0. The molecule has 0 aliphatic rings.